The van der Waals surface area contributed by atoms with Gasteiger partial charge in [-0.2, -0.15) is 0 Å². The highest BCUT2D eigenvalue weighted by atomic mass is 79.9. The monoisotopic (exact) mass is 346 g/mol. The van der Waals surface area contributed by atoms with Gasteiger partial charge >= 0.3 is 5.97 Å². The number of hydrogen-bond acceptors (Lipinski definition) is 3. The normalized spacial score (nSPS) is 10.6. The molecule has 0 spiro atoms. The van der Waals surface area contributed by atoms with Crippen LogP contribution < -0.4 is 4.74 Å². The molecule has 0 aliphatic rings. The fourth-order valence-electron chi connectivity index (χ4n) is 1.71. The topological polar surface area (TPSA) is 35.5 Å². The second kappa shape index (κ2) is 7.64. The van der Waals surface area contributed by atoms with Crippen molar-refractivity contribution in [1.29, 1.82) is 0 Å². The zero-order valence-corrected chi connectivity index (χ0v) is 13.2. The SMILES string of the molecule is COc1ccc(C=CC(=O)OCc2cccc(Br)c2)cc1. The fraction of sp³-hybridized carbons (Fsp3) is 0.118. The Balaban J connectivity index is 1.87. The number of methoxy groups -OCH3 is 1. The van der Waals surface area contributed by atoms with E-state index in [0.29, 0.717) is 0 Å². The van der Waals surface area contributed by atoms with Gasteiger partial charge < -0.3 is 9.47 Å². The molecule has 0 saturated heterocycles. The van der Waals surface area contributed by atoms with Crippen molar-refractivity contribution in [3.63, 3.8) is 0 Å². The van der Waals surface area contributed by atoms with Crippen molar-refractivity contribution < 1.29 is 14.3 Å². The molecule has 0 aliphatic heterocycles. The lowest BCUT2D eigenvalue weighted by Crippen LogP contribution is -2.00. The highest BCUT2D eigenvalue weighted by Crippen LogP contribution is 2.13. The molecule has 2 aromatic rings. The second-order valence-electron chi connectivity index (χ2n) is 4.34. The third-order valence-electron chi connectivity index (χ3n) is 2.80. The first-order valence-corrected chi connectivity index (χ1v) is 7.20. The lowest BCUT2D eigenvalue weighted by Gasteiger charge is -2.03. The van der Waals surface area contributed by atoms with Crippen molar-refractivity contribution in [2.24, 2.45) is 0 Å². The van der Waals surface area contributed by atoms with Crippen LogP contribution in [0.3, 0.4) is 0 Å². The molecule has 0 heterocycles. The molecule has 0 N–H and O–H groups in total. The molecule has 0 saturated carbocycles. The minimum Gasteiger partial charge on any atom is -0.497 e. The Bertz CT molecular complexity index is 633. The van der Waals surface area contributed by atoms with Gasteiger partial charge in [0, 0.05) is 10.5 Å². The number of rotatable bonds is 5. The Hall–Kier alpha value is -2.07. The molecule has 0 bridgehead atoms. The van der Waals surface area contributed by atoms with Gasteiger partial charge in [0.05, 0.1) is 7.11 Å². The van der Waals surface area contributed by atoms with Crippen LogP contribution in [0, 0.1) is 0 Å². The summed E-state index contributed by atoms with van der Waals surface area (Å²) in [5.41, 5.74) is 1.85. The molecule has 4 heteroatoms. The summed E-state index contributed by atoms with van der Waals surface area (Å²) in [7, 11) is 1.62. The van der Waals surface area contributed by atoms with Gasteiger partial charge in [0.1, 0.15) is 12.4 Å². The zero-order chi connectivity index (χ0) is 15.1. The van der Waals surface area contributed by atoms with E-state index in [2.05, 4.69) is 15.9 Å². The largest absolute Gasteiger partial charge is 0.497 e. The van der Waals surface area contributed by atoms with Crippen molar-refractivity contribution in [2.45, 2.75) is 6.61 Å². The molecule has 0 aliphatic carbocycles. The standard InChI is InChI=1S/C17H15BrO3/c1-20-16-8-5-13(6-9-16)7-10-17(19)21-12-14-3-2-4-15(18)11-14/h2-11H,12H2,1H3. The van der Waals surface area contributed by atoms with Gasteiger partial charge in [0.25, 0.3) is 0 Å². The van der Waals surface area contributed by atoms with Gasteiger partial charge in [-0.05, 0) is 41.5 Å². The van der Waals surface area contributed by atoms with Crippen LogP contribution in [0.2, 0.25) is 0 Å². The van der Waals surface area contributed by atoms with Crippen LogP contribution in [0.1, 0.15) is 11.1 Å². The summed E-state index contributed by atoms with van der Waals surface area (Å²) in [5.74, 6) is 0.412. The van der Waals surface area contributed by atoms with Crippen LogP contribution in [0.5, 0.6) is 5.75 Å². The maximum Gasteiger partial charge on any atom is 0.331 e. The first-order valence-electron chi connectivity index (χ1n) is 6.41. The highest BCUT2D eigenvalue weighted by Gasteiger charge is 1.99. The van der Waals surface area contributed by atoms with Crippen LogP contribution in [-0.2, 0) is 16.1 Å². The molecule has 108 valence electrons. The first-order chi connectivity index (χ1) is 10.2. The number of ether oxygens (including phenoxy) is 2. The minimum atomic E-state index is -0.370. The summed E-state index contributed by atoms with van der Waals surface area (Å²) in [6.07, 6.45) is 3.13. The third kappa shape index (κ3) is 5.08. The number of esters is 1. The summed E-state index contributed by atoms with van der Waals surface area (Å²) in [6.45, 7) is 0.255. The van der Waals surface area contributed by atoms with Gasteiger partial charge in [-0.3, -0.25) is 0 Å². The second-order valence-corrected chi connectivity index (χ2v) is 5.26. The Labute approximate surface area is 132 Å². The van der Waals surface area contributed by atoms with Crippen molar-refractivity contribution in [3.8, 4) is 5.75 Å². The Kier molecular flexibility index (Phi) is 5.58. The number of hydrogen-bond donors (Lipinski definition) is 0. The van der Waals surface area contributed by atoms with E-state index in [1.54, 1.807) is 13.2 Å². The molecule has 0 unspecified atom stereocenters. The van der Waals surface area contributed by atoms with Gasteiger partial charge in [0.15, 0.2) is 0 Å². The average Bonchev–Trinajstić information content (AvgIpc) is 2.51. The number of benzene rings is 2. The van der Waals surface area contributed by atoms with E-state index >= 15 is 0 Å². The Morgan fingerprint density at radius 3 is 2.62 bits per heavy atom. The van der Waals surface area contributed by atoms with E-state index in [9.17, 15) is 4.79 Å². The molecule has 2 aromatic carbocycles. The van der Waals surface area contributed by atoms with Crippen molar-refractivity contribution in [3.05, 3.63) is 70.2 Å². The summed E-state index contributed by atoms with van der Waals surface area (Å²) < 4.78 is 11.2. The Morgan fingerprint density at radius 2 is 1.95 bits per heavy atom. The molecule has 0 atom stereocenters. The van der Waals surface area contributed by atoms with E-state index < -0.39 is 0 Å². The maximum atomic E-state index is 11.7. The van der Waals surface area contributed by atoms with Gasteiger partial charge in [-0.1, -0.05) is 40.2 Å². The fourth-order valence-corrected chi connectivity index (χ4v) is 2.16. The molecular formula is C17H15BrO3. The maximum absolute atomic E-state index is 11.7. The Morgan fingerprint density at radius 1 is 1.19 bits per heavy atom. The highest BCUT2D eigenvalue weighted by molar-refractivity contribution is 9.10. The predicted molar refractivity (Wildman–Crippen MR) is 86.0 cm³/mol. The van der Waals surface area contributed by atoms with Crippen LogP contribution in [0.4, 0.5) is 0 Å². The molecule has 0 radical (unpaired) electrons. The van der Waals surface area contributed by atoms with E-state index in [1.165, 1.54) is 6.08 Å². The van der Waals surface area contributed by atoms with Crippen LogP contribution in [-0.4, -0.2) is 13.1 Å². The molecule has 3 nitrogen and oxygen atoms in total. The van der Waals surface area contributed by atoms with E-state index in [4.69, 9.17) is 9.47 Å². The summed E-state index contributed by atoms with van der Waals surface area (Å²) in [4.78, 5) is 11.7. The third-order valence-corrected chi connectivity index (χ3v) is 3.29. The predicted octanol–water partition coefficient (Wildman–Crippen LogP) is 4.21. The van der Waals surface area contributed by atoms with E-state index in [-0.39, 0.29) is 12.6 Å². The zero-order valence-electron chi connectivity index (χ0n) is 11.6. The van der Waals surface area contributed by atoms with Crippen LogP contribution in [0.15, 0.2) is 59.1 Å². The molecular weight excluding hydrogens is 332 g/mol. The summed E-state index contributed by atoms with van der Waals surface area (Å²) in [6, 6.07) is 15.1. The molecule has 21 heavy (non-hydrogen) atoms. The first kappa shape index (κ1) is 15.3. The minimum absolute atomic E-state index is 0.255. The molecule has 0 fully saturated rings. The summed E-state index contributed by atoms with van der Waals surface area (Å²) >= 11 is 3.38. The number of carbonyl (C=O) groups excluding carboxylic acids is 1. The molecule has 0 amide bonds. The van der Waals surface area contributed by atoms with Crippen molar-refractivity contribution in [2.75, 3.05) is 7.11 Å². The van der Waals surface area contributed by atoms with Gasteiger partial charge in [0.2, 0.25) is 0 Å². The molecule has 2 rings (SSSR count). The van der Waals surface area contributed by atoms with Gasteiger partial charge in [-0.15, -0.1) is 0 Å². The number of carbonyl (C=O) groups is 1. The van der Waals surface area contributed by atoms with E-state index in [1.807, 2.05) is 48.5 Å². The lowest BCUT2D eigenvalue weighted by atomic mass is 10.2. The summed E-state index contributed by atoms with van der Waals surface area (Å²) in [5, 5.41) is 0. The van der Waals surface area contributed by atoms with Crippen LogP contribution >= 0.6 is 15.9 Å². The van der Waals surface area contributed by atoms with Crippen molar-refractivity contribution >= 4 is 28.0 Å². The van der Waals surface area contributed by atoms with Crippen LogP contribution in [0.25, 0.3) is 6.08 Å². The van der Waals surface area contributed by atoms with Gasteiger partial charge in [-0.25, -0.2) is 4.79 Å². The molecule has 0 aromatic heterocycles. The number of halogens is 1. The lowest BCUT2D eigenvalue weighted by molar-refractivity contribution is -0.138. The average molecular weight is 347 g/mol. The van der Waals surface area contributed by atoms with Crippen molar-refractivity contribution in [1.82, 2.24) is 0 Å². The quantitative estimate of drug-likeness (QED) is 0.600. The smallest absolute Gasteiger partial charge is 0.331 e. The van der Waals surface area contributed by atoms with E-state index in [0.717, 1.165) is 21.3 Å².